The van der Waals surface area contributed by atoms with Gasteiger partial charge in [-0.25, -0.2) is 9.78 Å². The normalized spacial score (nSPS) is 10.4. The lowest BCUT2D eigenvalue weighted by molar-refractivity contribution is 0.0526. The fourth-order valence-electron chi connectivity index (χ4n) is 3.11. The van der Waals surface area contributed by atoms with Crippen molar-refractivity contribution in [1.29, 1.82) is 0 Å². The molecule has 0 aliphatic rings. The second kappa shape index (κ2) is 10.3. The number of aromatic nitrogens is 1. The zero-order valence-electron chi connectivity index (χ0n) is 17.5. The van der Waals surface area contributed by atoms with Crippen LogP contribution in [0.15, 0.2) is 66.9 Å². The summed E-state index contributed by atoms with van der Waals surface area (Å²) in [6.45, 7) is 3.36. The van der Waals surface area contributed by atoms with Crippen LogP contribution >= 0.6 is 0 Å². The topological polar surface area (TPSA) is 60.9 Å². The van der Waals surface area contributed by atoms with E-state index in [2.05, 4.69) is 9.88 Å². The van der Waals surface area contributed by atoms with Crippen molar-refractivity contribution in [2.24, 2.45) is 0 Å². The number of rotatable bonds is 9. The summed E-state index contributed by atoms with van der Waals surface area (Å²) in [7, 11) is 3.31. The van der Waals surface area contributed by atoms with Gasteiger partial charge in [0.15, 0.2) is 0 Å². The van der Waals surface area contributed by atoms with Gasteiger partial charge < -0.3 is 19.1 Å². The third kappa shape index (κ3) is 5.50. The molecule has 0 saturated heterocycles. The number of carbonyl (C=O) groups excluding carboxylic acids is 1. The van der Waals surface area contributed by atoms with E-state index in [1.54, 1.807) is 33.4 Å². The van der Waals surface area contributed by atoms with Gasteiger partial charge in [0, 0.05) is 19.3 Å². The van der Waals surface area contributed by atoms with Crippen molar-refractivity contribution in [1.82, 2.24) is 4.98 Å². The monoisotopic (exact) mass is 406 g/mol. The summed E-state index contributed by atoms with van der Waals surface area (Å²) in [5, 5.41) is 0. The summed E-state index contributed by atoms with van der Waals surface area (Å²) in [4.78, 5) is 18.6. The molecule has 0 amide bonds. The molecular weight excluding hydrogens is 380 g/mol. The molecule has 0 aliphatic heterocycles. The Kier molecular flexibility index (Phi) is 7.27. The number of esters is 1. The minimum absolute atomic E-state index is 0.332. The fraction of sp³-hybridized carbons (Fsp3) is 0.250. The molecule has 0 atom stereocenters. The van der Waals surface area contributed by atoms with Crippen LogP contribution in [0, 0.1) is 0 Å². The Morgan fingerprint density at radius 2 is 1.50 bits per heavy atom. The molecule has 1 heterocycles. The van der Waals surface area contributed by atoms with Crippen molar-refractivity contribution in [2.45, 2.75) is 20.0 Å². The van der Waals surface area contributed by atoms with E-state index in [1.807, 2.05) is 54.6 Å². The van der Waals surface area contributed by atoms with Gasteiger partial charge >= 0.3 is 5.97 Å². The Morgan fingerprint density at radius 1 is 0.900 bits per heavy atom. The highest BCUT2D eigenvalue weighted by atomic mass is 16.5. The van der Waals surface area contributed by atoms with Gasteiger partial charge in [0.1, 0.15) is 17.3 Å². The zero-order valence-corrected chi connectivity index (χ0v) is 17.5. The van der Waals surface area contributed by atoms with Crippen LogP contribution in [0.25, 0.3) is 0 Å². The summed E-state index contributed by atoms with van der Waals surface area (Å²) in [6, 6.07) is 19.5. The van der Waals surface area contributed by atoms with Crippen LogP contribution in [0.3, 0.4) is 0 Å². The molecule has 156 valence electrons. The zero-order chi connectivity index (χ0) is 21.3. The van der Waals surface area contributed by atoms with Crippen LogP contribution < -0.4 is 14.4 Å². The van der Waals surface area contributed by atoms with E-state index in [0.29, 0.717) is 25.3 Å². The quantitative estimate of drug-likeness (QED) is 0.488. The Morgan fingerprint density at radius 3 is 1.97 bits per heavy atom. The molecule has 3 aromatic rings. The molecule has 2 aromatic carbocycles. The van der Waals surface area contributed by atoms with Gasteiger partial charge in [0.2, 0.25) is 0 Å². The second-order valence-corrected chi connectivity index (χ2v) is 6.68. The third-order valence-electron chi connectivity index (χ3n) is 4.60. The Balaban J connectivity index is 1.88. The molecule has 0 radical (unpaired) electrons. The standard InChI is InChI=1S/C24H26N2O4/c1-4-30-24(27)20-11-12-23(25-15-20)26(16-18-7-5-9-21(13-18)28-2)17-19-8-6-10-22(14-19)29-3/h5-15H,4,16-17H2,1-3H3. The van der Waals surface area contributed by atoms with Crippen LogP contribution in [-0.4, -0.2) is 31.8 Å². The first kappa shape index (κ1) is 21.2. The first-order valence-corrected chi connectivity index (χ1v) is 9.77. The molecule has 0 saturated carbocycles. The molecule has 0 unspecified atom stereocenters. The van der Waals surface area contributed by atoms with E-state index in [4.69, 9.17) is 14.2 Å². The van der Waals surface area contributed by atoms with Gasteiger partial charge in [-0.05, 0) is 54.4 Å². The summed E-state index contributed by atoms with van der Waals surface area (Å²) >= 11 is 0. The van der Waals surface area contributed by atoms with E-state index >= 15 is 0 Å². The number of ether oxygens (including phenoxy) is 3. The number of hydrogen-bond donors (Lipinski definition) is 0. The number of anilines is 1. The fourth-order valence-corrected chi connectivity index (χ4v) is 3.11. The van der Waals surface area contributed by atoms with E-state index in [1.165, 1.54) is 0 Å². The van der Waals surface area contributed by atoms with Crippen LogP contribution in [0.1, 0.15) is 28.4 Å². The Bertz CT molecular complexity index is 923. The average Bonchev–Trinajstić information content (AvgIpc) is 2.79. The minimum Gasteiger partial charge on any atom is -0.497 e. The number of carbonyl (C=O) groups is 1. The molecule has 0 fully saturated rings. The SMILES string of the molecule is CCOC(=O)c1ccc(N(Cc2cccc(OC)c2)Cc2cccc(OC)c2)nc1. The highest BCUT2D eigenvalue weighted by Gasteiger charge is 2.13. The first-order valence-electron chi connectivity index (χ1n) is 9.77. The molecule has 6 nitrogen and oxygen atoms in total. The maximum atomic E-state index is 11.9. The lowest BCUT2D eigenvalue weighted by Gasteiger charge is -2.24. The maximum Gasteiger partial charge on any atom is 0.339 e. The summed E-state index contributed by atoms with van der Waals surface area (Å²) in [6.07, 6.45) is 1.55. The molecule has 30 heavy (non-hydrogen) atoms. The van der Waals surface area contributed by atoms with Crippen molar-refractivity contribution in [3.8, 4) is 11.5 Å². The van der Waals surface area contributed by atoms with Crippen LogP contribution in [0.5, 0.6) is 11.5 Å². The smallest absolute Gasteiger partial charge is 0.339 e. The van der Waals surface area contributed by atoms with Gasteiger partial charge in [0.05, 0.1) is 26.4 Å². The minimum atomic E-state index is -0.372. The van der Waals surface area contributed by atoms with Crippen LogP contribution in [0.2, 0.25) is 0 Å². The number of hydrogen-bond acceptors (Lipinski definition) is 6. The van der Waals surface area contributed by atoms with Crippen molar-refractivity contribution in [3.63, 3.8) is 0 Å². The van der Waals surface area contributed by atoms with Crippen molar-refractivity contribution in [2.75, 3.05) is 25.7 Å². The molecule has 0 spiro atoms. The third-order valence-corrected chi connectivity index (χ3v) is 4.60. The van der Waals surface area contributed by atoms with Gasteiger partial charge in [-0.15, -0.1) is 0 Å². The summed E-state index contributed by atoms with van der Waals surface area (Å²) in [5.74, 6) is 2.00. The first-order chi connectivity index (χ1) is 14.6. The van der Waals surface area contributed by atoms with E-state index in [0.717, 1.165) is 28.4 Å². The maximum absolute atomic E-state index is 11.9. The number of methoxy groups -OCH3 is 2. The Hall–Kier alpha value is -3.54. The number of benzene rings is 2. The summed E-state index contributed by atoms with van der Waals surface area (Å²) in [5.41, 5.74) is 2.62. The van der Waals surface area contributed by atoms with Crippen molar-refractivity contribution >= 4 is 11.8 Å². The molecule has 0 N–H and O–H groups in total. The molecular formula is C24H26N2O4. The summed E-state index contributed by atoms with van der Waals surface area (Å²) < 4.78 is 15.8. The van der Waals surface area contributed by atoms with Gasteiger partial charge in [0.25, 0.3) is 0 Å². The largest absolute Gasteiger partial charge is 0.497 e. The Labute approximate surface area is 177 Å². The molecule has 1 aromatic heterocycles. The predicted molar refractivity (Wildman–Crippen MR) is 116 cm³/mol. The van der Waals surface area contributed by atoms with Crippen molar-refractivity contribution in [3.05, 3.63) is 83.6 Å². The van der Waals surface area contributed by atoms with Crippen LogP contribution in [-0.2, 0) is 17.8 Å². The van der Waals surface area contributed by atoms with Crippen LogP contribution in [0.4, 0.5) is 5.82 Å². The molecule has 3 rings (SSSR count). The lowest BCUT2D eigenvalue weighted by Crippen LogP contribution is -2.23. The molecule has 0 bridgehead atoms. The number of nitrogens with zero attached hydrogens (tertiary/aromatic N) is 2. The van der Waals surface area contributed by atoms with E-state index < -0.39 is 0 Å². The molecule has 0 aliphatic carbocycles. The highest BCUT2D eigenvalue weighted by Crippen LogP contribution is 2.22. The average molecular weight is 406 g/mol. The lowest BCUT2D eigenvalue weighted by atomic mass is 10.1. The predicted octanol–water partition coefficient (Wildman–Crippen LogP) is 4.48. The van der Waals surface area contributed by atoms with E-state index in [9.17, 15) is 4.79 Å². The highest BCUT2D eigenvalue weighted by molar-refractivity contribution is 5.89. The number of pyridine rings is 1. The van der Waals surface area contributed by atoms with E-state index in [-0.39, 0.29) is 5.97 Å². The van der Waals surface area contributed by atoms with Gasteiger partial charge in [-0.2, -0.15) is 0 Å². The van der Waals surface area contributed by atoms with Gasteiger partial charge in [-0.3, -0.25) is 0 Å². The molecule has 6 heteroatoms. The second-order valence-electron chi connectivity index (χ2n) is 6.68. The van der Waals surface area contributed by atoms with Gasteiger partial charge in [-0.1, -0.05) is 24.3 Å². The van der Waals surface area contributed by atoms with Crippen molar-refractivity contribution < 1.29 is 19.0 Å².